The second-order valence-corrected chi connectivity index (χ2v) is 6.37. The van der Waals surface area contributed by atoms with Gasteiger partial charge in [-0.3, -0.25) is 9.98 Å². The summed E-state index contributed by atoms with van der Waals surface area (Å²) in [5, 5.41) is 4.11. The number of ether oxygens (including phenoxy) is 1. The highest BCUT2D eigenvalue weighted by molar-refractivity contribution is 6.30. The number of aliphatic imine (C=N–C) groups is 1. The molecule has 5 heteroatoms. The van der Waals surface area contributed by atoms with Gasteiger partial charge in [-0.05, 0) is 35.9 Å². The lowest BCUT2D eigenvalue weighted by atomic mass is 9.91. The molecule has 118 valence electrons. The van der Waals surface area contributed by atoms with E-state index in [1.54, 1.807) is 0 Å². The van der Waals surface area contributed by atoms with Gasteiger partial charge in [0.25, 0.3) is 0 Å². The smallest absolute Gasteiger partial charge is 0.123 e. The third-order valence-corrected chi connectivity index (χ3v) is 4.63. The van der Waals surface area contributed by atoms with E-state index in [1.807, 2.05) is 36.5 Å². The van der Waals surface area contributed by atoms with Crippen LogP contribution in [0.1, 0.15) is 23.6 Å². The third kappa shape index (κ3) is 3.04. The molecule has 2 unspecified atom stereocenters. The molecule has 2 aromatic rings. The van der Waals surface area contributed by atoms with Crippen LogP contribution in [0.3, 0.4) is 0 Å². The van der Waals surface area contributed by atoms with E-state index in [1.165, 1.54) is 5.56 Å². The predicted molar refractivity (Wildman–Crippen MR) is 91.5 cm³/mol. The number of benzene rings is 1. The minimum absolute atomic E-state index is 0.0588. The molecule has 23 heavy (non-hydrogen) atoms. The molecule has 0 radical (unpaired) electrons. The van der Waals surface area contributed by atoms with Crippen molar-refractivity contribution in [1.82, 2.24) is 10.3 Å². The van der Waals surface area contributed by atoms with E-state index < -0.39 is 0 Å². The SMILES string of the molecule is Clc1ccc2c(c1)CC(C(CC1=NCCN1)c1ccccn1)O2. The number of hydrogen-bond donors (Lipinski definition) is 1. The van der Waals surface area contributed by atoms with E-state index in [0.29, 0.717) is 0 Å². The summed E-state index contributed by atoms with van der Waals surface area (Å²) < 4.78 is 6.21. The van der Waals surface area contributed by atoms with Gasteiger partial charge in [0.15, 0.2) is 0 Å². The molecular formula is C18H18ClN3O. The van der Waals surface area contributed by atoms with Crippen molar-refractivity contribution < 1.29 is 4.74 Å². The van der Waals surface area contributed by atoms with Crippen molar-refractivity contribution in [1.29, 1.82) is 0 Å². The fourth-order valence-electron chi connectivity index (χ4n) is 3.28. The van der Waals surface area contributed by atoms with Crippen LogP contribution in [0.5, 0.6) is 5.75 Å². The summed E-state index contributed by atoms with van der Waals surface area (Å²) in [6.07, 6.45) is 3.57. The second-order valence-electron chi connectivity index (χ2n) is 5.93. The Balaban J connectivity index is 1.61. The van der Waals surface area contributed by atoms with Gasteiger partial charge in [0.05, 0.1) is 12.4 Å². The Bertz CT molecular complexity index is 732. The lowest BCUT2D eigenvalue weighted by molar-refractivity contribution is 0.197. The van der Waals surface area contributed by atoms with Crippen LogP contribution in [-0.4, -0.2) is 30.0 Å². The lowest BCUT2D eigenvalue weighted by Gasteiger charge is -2.23. The highest BCUT2D eigenvalue weighted by atomic mass is 35.5. The number of amidine groups is 1. The molecule has 0 spiro atoms. The fourth-order valence-corrected chi connectivity index (χ4v) is 3.48. The van der Waals surface area contributed by atoms with Crippen LogP contribution in [-0.2, 0) is 6.42 Å². The van der Waals surface area contributed by atoms with Gasteiger partial charge in [0.1, 0.15) is 11.9 Å². The quantitative estimate of drug-likeness (QED) is 0.938. The molecule has 0 fully saturated rings. The van der Waals surface area contributed by atoms with Crippen LogP contribution in [0, 0.1) is 0 Å². The fraction of sp³-hybridized carbons (Fsp3) is 0.333. The summed E-state index contributed by atoms with van der Waals surface area (Å²) in [7, 11) is 0. The number of fused-ring (bicyclic) bond motifs is 1. The van der Waals surface area contributed by atoms with Crippen molar-refractivity contribution in [3.05, 3.63) is 58.9 Å². The normalized spacial score (nSPS) is 20.4. The van der Waals surface area contributed by atoms with E-state index in [9.17, 15) is 0 Å². The number of hydrogen-bond acceptors (Lipinski definition) is 4. The number of aromatic nitrogens is 1. The first-order valence-electron chi connectivity index (χ1n) is 7.93. The Morgan fingerprint density at radius 2 is 2.26 bits per heavy atom. The number of nitrogens with zero attached hydrogens (tertiary/aromatic N) is 2. The van der Waals surface area contributed by atoms with Gasteiger partial charge in [-0.2, -0.15) is 0 Å². The van der Waals surface area contributed by atoms with Crippen LogP contribution in [0.4, 0.5) is 0 Å². The maximum Gasteiger partial charge on any atom is 0.123 e. The van der Waals surface area contributed by atoms with Gasteiger partial charge in [-0.25, -0.2) is 0 Å². The largest absolute Gasteiger partial charge is 0.489 e. The molecule has 1 aromatic heterocycles. The lowest BCUT2D eigenvalue weighted by Crippen LogP contribution is -2.30. The topological polar surface area (TPSA) is 46.5 Å². The Morgan fingerprint density at radius 1 is 1.30 bits per heavy atom. The molecular weight excluding hydrogens is 310 g/mol. The first kappa shape index (κ1) is 14.5. The van der Waals surface area contributed by atoms with Gasteiger partial charge in [0, 0.05) is 42.2 Å². The maximum absolute atomic E-state index is 6.21. The Kier molecular flexibility index (Phi) is 3.92. The second kappa shape index (κ2) is 6.20. The average molecular weight is 328 g/mol. The standard InChI is InChI=1S/C18H18ClN3O/c19-13-4-5-16-12(9-13)10-17(23-16)14(11-18-21-7-8-22-18)15-3-1-2-6-20-15/h1-6,9,14,17H,7-8,10-11H2,(H,21,22). The van der Waals surface area contributed by atoms with Crippen molar-refractivity contribution in [3.63, 3.8) is 0 Å². The average Bonchev–Trinajstić information content (AvgIpc) is 3.22. The van der Waals surface area contributed by atoms with Gasteiger partial charge in [0.2, 0.25) is 0 Å². The minimum Gasteiger partial charge on any atom is -0.489 e. The molecule has 1 aromatic carbocycles. The van der Waals surface area contributed by atoms with Crippen LogP contribution in [0.2, 0.25) is 5.02 Å². The van der Waals surface area contributed by atoms with E-state index in [0.717, 1.165) is 48.2 Å². The van der Waals surface area contributed by atoms with Gasteiger partial charge >= 0.3 is 0 Å². The summed E-state index contributed by atoms with van der Waals surface area (Å²) in [6.45, 7) is 1.78. The zero-order chi connectivity index (χ0) is 15.6. The Labute approximate surface area is 140 Å². The van der Waals surface area contributed by atoms with Crippen LogP contribution in [0.15, 0.2) is 47.6 Å². The number of rotatable bonds is 4. The van der Waals surface area contributed by atoms with Crippen molar-refractivity contribution in [2.45, 2.75) is 24.9 Å². The molecule has 0 saturated heterocycles. The van der Waals surface area contributed by atoms with Crippen LogP contribution >= 0.6 is 11.6 Å². The molecule has 0 saturated carbocycles. The van der Waals surface area contributed by atoms with Crippen molar-refractivity contribution in [2.24, 2.45) is 4.99 Å². The highest BCUT2D eigenvalue weighted by Gasteiger charge is 2.33. The molecule has 2 aliphatic rings. The highest BCUT2D eigenvalue weighted by Crippen LogP contribution is 2.37. The van der Waals surface area contributed by atoms with Crippen molar-refractivity contribution in [2.75, 3.05) is 13.1 Å². The van der Waals surface area contributed by atoms with Crippen LogP contribution in [0.25, 0.3) is 0 Å². The summed E-state index contributed by atoms with van der Waals surface area (Å²) in [5.74, 6) is 2.16. The van der Waals surface area contributed by atoms with E-state index >= 15 is 0 Å². The van der Waals surface area contributed by atoms with E-state index in [4.69, 9.17) is 16.3 Å². The predicted octanol–water partition coefficient (Wildman–Crippen LogP) is 3.21. The van der Waals surface area contributed by atoms with E-state index in [-0.39, 0.29) is 12.0 Å². The van der Waals surface area contributed by atoms with Crippen LogP contribution < -0.4 is 10.1 Å². The molecule has 2 aliphatic heterocycles. The zero-order valence-electron chi connectivity index (χ0n) is 12.7. The summed E-state index contributed by atoms with van der Waals surface area (Å²) in [6, 6.07) is 11.9. The monoisotopic (exact) mass is 327 g/mol. The van der Waals surface area contributed by atoms with Crippen molar-refractivity contribution in [3.8, 4) is 5.75 Å². The molecule has 1 N–H and O–H groups in total. The number of nitrogens with one attached hydrogen (secondary N) is 1. The van der Waals surface area contributed by atoms with E-state index in [2.05, 4.69) is 21.4 Å². The van der Waals surface area contributed by atoms with Gasteiger partial charge < -0.3 is 10.1 Å². The number of halogens is 1. The Morgan fingerprint density at radius 3 is 3.04 bits per heavy atom. The molecule has 4 rings (SSSR count). The third-order valence-electron chi connectivity index (χ3n) is 4.40. The molecule has 2 atom stereocenters. The minimum atomic E-state index is 0.0588. The summed E-state index contributed by atoms with van der Waals surface area (Å²) >= 11 is 6.11. The Hall–Kier alpha value is -2.07. The van der Waals surface area contributed by atoms with Gasteiger partial charge in [-0.1, -0.05) is 17.7 Å². The molecule has 0 amide bonds. The molecule has 0 bridgehead atoms. The summed E-state index contributed by atoms with van der Waals surface area (Å²) in [4.78, 5) is 9.09. The molecule has 0 aliphatic carbocycles. The van der Waals surface area contributed by atoms with Gasteiger partial charge in [-0.15, -0.1) is 0 Å². The molecule has 3 heterocycles. The number of pyridine rings is 1. The zero-order valence-corrected chi connectivity index (χ0v) is 13.5. The first-order valence-corrected chi connectivity index (χ1v) is 8.30. The molecule has 4 nitrogen and oxygen atoms in total. The first-order chi connectivity index (χ1) is 11.3. The van der Waals surface area contributed by atoms with Crippen molar-refractivity contribution >= 4 is 17.4 Å². The maximum atomic E-state index is 6.21. The summed E-state index contributed by atoms with van der Waals surface area (Å²) in [5.41, 5.74) is 2.22.